The summed E-state index contributed by atoms with van der Waals surface area (Å²) in [7, 11) is 0. The summed E-state index contributed by atoms with van der Waals surface area (Å²) >= 11 is 0. The van der Waals surface area contributed by atoms with Crippen molar-refractivity contribution in [2.24, 2.45) is 5.92 Å². The summed E-state index contributed by atoms with van der Waals surface area (Å²) in [5.74, 6) is 0.131. The number of carbonyl (C=O) groups is 2. The minimum Gasteiger partial charge on any atom is -0.324 e. The molecule has 1 aliphatic rings. The number of piperidine rings is 1. The van der Waals surface area contributed by atoms with Crippen LogP contribution in [-0.4, -0.2) is 45.8 Å². The molecule has 1 unspecified atom stereocenters. The molecule has 0 bridgehead atoms. The van der Waals surface area contributed by atoms with Crippen molar-refractivity contribution in [3.63, 3.8) is 0 Å². The van der Waals surface area contributed by atoms with E-state index in [9.17, 15) is 19.7 Å². The van der Waals surface area contributed by atoms with Crippen LogP contribution in [0.15, 0.2) is 42.6 Å². The van der Waals surface area contributed by atoms with Gasteiger partial charge in [0.1, 0.15) is 5.82 Å². The Hall–Kier alpha value is -3.33. The average Bonchev–Trinajstić information content (AvgIpc) is 2.73. The number of nitrogens with one attached hydrogen (secondary N) is 2. The Bertz CT molecular complexity index is 940. The molecule has 1 aromatic carbocycles. The third-order valence-electron chi connectivity index (χ3n) is 5.32. The van der Waals surface area contributed by atoms with Crippen LogP contribution < -0.4 is 10.6 Å². The molecule has 1 aromatic heterocycles. The zero-order valence-electron chi connectivity index (χ0n) is 17.0. The fraction of sp³-hybridized carbons (Fsp3) is 0.381. The van der Waals surface area contributed by atoms with E-state index in [0.717, 1.165) is 5.56 Å². The van der Waals surface area contributed by atoms with Crippen molar-refractivity contribution >= 4 is 29.0 Å². The molecule has 0 spiro atoms. The number of nitro benzene ring substituents is 1. The fourth-order valence-corrected chi connectivity index (χ4v) is 3.49. The van der Waals surface area contributed by atoms with E-state index in [-0.39, 0.29) is 23.4 Å². The molecule has 2 aromatic rings. The number of amides is 2. The van der Waals surface area contributed by atoms with Gasteiger partial charge in [-0.1, -0.05) is 6.07 Å². The van der Waals surface area contributed by atoms with Crippen LogP contribution in [0.25, 0.3) is 0 Å². The van der Waals surface area contributed by atoms with E-state index in [0.29, 0.717) is 37.4 Å². The van der Waals surface area contributed by atoms with Crippen molar-refractivity contribution < 1.29 is 14.5 Å². The summed E-state index contributed by atoms with van der Waals surface area (Å²) in [6.45, 7) is 4.96. The van der Waals surface area contributed by atoms with Crippen molar-refractivity contribution in [3.05, 3.63) is 58.3 Å². The van der Waals surface area contributed by atoms with Gasteiger partial charge in [0.25, 0.3) is 5.69 Å². The van der Waals surface area contributed by atoms with Crippen LogP contribution in [0.2, 0.25) is 0 Å². The number of aromatic nitrogens is 1. The molecule has 1 saturated heterocycles. The normalized spacial score (nSPS) is 15.9. The van der Waals surface area contributed by atoms with E-state index in [1.807, 2.05) is 24.0 Å². The molecule has 3 rings (SSSR count). The Morgan fingerprint density at radius 2 is 1.93 bits per heavy atom. The van der Waals surface area contributed by atoms with Crippen LogP contribution in [0, 0.1) is 23.0 Å². The van der Waals surface area contributed by atoms with Crippen LogP contribution in [0.5, 0.6) is 0 Å². The van der Waals surface area contributed by atoms with Gasteiger partial charge in [-0.3, -0.25) is 24.6 Å². The second-order valence-corrected chi connectivity index (χ2v) is 7.49. The van der Waals surface area contributed by atoms with Gasteiger partial charge in [0.15, 0.2) is 0 Å². The molecule has 2 heterocycles. The number of nitro groups is 1. The van der Waals surface area contributed by atoms with Gasteiger partial charge in [-0.25, -0.2) is 4.98 Å². The molecule has 1 atom stereocenters. The van der Waals surface area contributed by atoms with Gasteiger partial charge in [-0.05, 0) is 63.5 Å². The van der Waals surface area contributed by atoms with Gasteiger partial charge >= 0.3 is 0 Å². The number of hydrogen-bond donors (Lipinski definition) is 2. The SMILES string of the molecule is Cc1ccnc(NC(=O)C2CCN(C(C)C(=O)Nc3cccc([N+](=O)[O-])c3)CC2)c1. The lowest BCUT2D eigenvalue weighted by Gasteiger charge is -2.34. The second-order valence-electron chi connectivity index (χ2n) is 7.49. The summed E-state index contributed by atoms with van der Waals surface area (Å²) in [6, 6.07) is 9.15. The number of anilines is 2. The lowest BCUT2D eigenvalue weighted by molar-refractivity contribution is -0.384. The van der Waals surface area contributed by atoms with Gasteiger partial charge in [-0.2, -0.15) is 0 Å². The van der Waals surface area contributed by atoms with Crippen molar-refractivity contribution in [2.45, 2.75) is 32.7 Å². The van der Waals surface area contributed by atoms with Crippen molar-refractivity contribution in [1.82, 2.24) is 9.88 Å². The van der Waals surface area contributed by atoms with E-state index in [1.54, 1.807) is 19.2 Å². The molecular formula is C21H25N5O4. The minimum atomic E-state index is -0.499. The van der Waals surface area contributed by atoms with Crippen LogP contribution >= 0.6 is 0 Å². The number of pyridine rings is 1. The molecule has 2 amide bonds. The van der Waals surface area contributed by atoms with E-state index < -0.39 is 11.0 Å². The Kier molecular flexibility index (Phi) is 6.73. The van der Waals surface area contributed by atoms with Crippen molar-refractivity contribution in [1.29, 1.82) is 0 Å². The van der Waals surface area contributed by atoms with E-state index >= 15 is 0 Å². The molecule has 0 saturated carbocycles. The first-order valence-electron chi connectivity index (χ1n) is 9.86. The average molecular weight is 411 g/mol. The summed E-state index contributed by atoms with van der Waals surface area (Å²) in [5, 5.41) is 16.5. The van der Waals surface area contributed by atoms with E-state index in [4.69, 9.17) is 0 Å². The largest absolute Gasteiger partial charge is 0.324 e. The predicted octanol–water partition coefficient (Wildman–Crippen LogP) is 2.98. The summed E-state index contributed by atoms with van der Waals surface area (Å²) in [4.78, 5) is 41.6. The van der Waals surface area contributed by atoms with Gasteiger partial charge < -0.3 is 10.6 Å². The Morgan fingerprint density at radius 3 is 2.60 bits per heavy atom. The smallest absolute Gasteiger partial charge is 0.271 e. The molecule has 1 aliphatic heterocycles. The molecule has 0 radical (unpaired) electrons. The van der Waals surface area contributed by atoms with Gasteiger partial charge in [-0.15, -0.1) is 0 Å². The second kappa shape index (κ2) is 9.45. The van der Waals surface area contributed by atoms with Gasteiger partial charge in [0, 0.05) is 29.9 Å². The highest BCUT2D eigenvalue weighted by Gasteiger charge is 2.30. The summed E-state index contributed by atoms with van der Waals surface area (Å²) < 4.78 is 0. The van der Waals surface area contributed by atoms with Gasteiger partial charge in [0.05, 0.1) is 11.0 Å². The maximum absolute atomic E-state index is 12.6. The topological polar surface area (TPSA) is 117 Å². The number of aryl methyl sites for hydroxylation is 1. The third kappa shape index (κ3) is 5.38. The molecule has 9 nitrogen and oxygen atoms in total. The minimum absolute atomic E-state index is 0.0542. The number of carbonyl (C=O) groups excluding carboxylic acids is 2. The Morgan fingerprint density at radius 1 is 1.20 bits per heavy atom. The van der Waals surface area contributed by atoms with Crippen molar-refractivity contribution in [3.8, 4) is 0 Å². The molecule has 2 N–H and O–H groups in total. The first-order valence-corrected chi connectivity index (χ1v) is 9.86. The number of likely N-dealkylation sites (tertiary alicyclic amines) is 1. The fourth-order valence-electron chi connectivity index (χ4n) is 3.49. The highest BCUT2D eigenvalue weighted by Crippen LogP contribution is 2.22. The van der Waals surface area contributed by atoms with Crippen LogP contribution in [0.3, 0.4) is 0 Å². The quantitative estimate of drug-likeness (QED) is 0.557. The lowest BCUT2D eigenvalue weighted by atomic mass is 9.95. The molecule has 30 heavy (non-hydrogen) atoms. The van der Waals surface area contributed by atoms with E-state index in [2.05, 4.69) is 15.6 Å². The standard InChI is InChI=1S/C21H25N5O4/c1-14-6-9-22-19(12-14)24-21(28)16-7-10-25(11-8-16)15(2)20(27)23-17-4-3-5-18(13-17)26(29)30/h3-6,9,12-13,15-16H,7-8,10-11H2,1-2H3,(H,23,27)(H,22,24,28). The first kappa shape index (κ1) is 21.4. The van der Waals surface area contributed by atoms with Crippen LogP contribution in [0.1, 0.15) is 25.3 Å². The number of rotatable bonds is 6. The molecule has 158 valence electrons. The molecule has 1 fully saturated rings. The highest BCUT2D eigenvalue weighted by molar-refractivity contribution is 5.95. The number of non-ortho nitro benzene ring substituents is 1. The molecular weight excluding hydrogens is 386 g/mol. The van der Waals surface area contributed by atoms with Crippen LogP contribution in [0.4, 0.5) is 17.2 Å². The first-order chi connectivity index (χ1) is 14.3. The Labute approximate surface area is 174 Å². The molecule has 9 heteroatoms. The monoisotopic (exact) mass is 411 g/mol. The van der Waals surface area contributed by atoms with E-state index in [1.165, 1.54) is 18.2 Å². The summed E-state index contributed by atoms with van der Waals surface area (Å²) in [6.07, 6.45) is 2.95. The number of nitrogens with zero attached hydrogens (tertiary/aromatic N) is 3. The maximum atomic E-state index is 12.6. The van der Waals surface area contributed by atoms with Gasteiger partial charge in [0.2, 0.25) is 11.8 Å². The number of hydrogen-bond acceptors (Lipinski definition) is 6. The third-order valence-corrected chi connectivity index (χ3v) is 5.32. The zero-order chi connectivity index (χ0) is 21.7. The highest BCUT2D eigenvalue weighted by atomic mass is 16.6. The van der Waals surface area contributed by atoms with Crippen LogP contribution in [-0.2, 0) is 9.59 Å². The number of benzene rings is 1. The maximum Gasteiger partial charge on any atom is 0.271 e. The predicted molar refractivity (Wildman–Crippen MR) is 113 cm³/mol. The van der Waals surface area contributed by atoms with Crippen molar-refractivity contribution in [2.75, 3.05) is 23.7 Å². The Balaban J connectivity index is 1.51. The summed E-state index contributed by atoms with van der Waals surface area (Å²) in [5.41, 5.74) is 1.34. The molecule has 0 aliphatic carbocycles. The lowest BCUT2D eigenvalue weighted by Crippen LogP contribution is -2.47. The zero-order valence-corrected chi connectivity index (χ0v) is 17.0.